The molecule has 22 heavy (non-hydrogen) atoms. The summed E-state index contributed by atoms with van der Waals surface area (Å²) in [6.45, 7) is 7.94. The first-order valence-electron chi connectivity index (χ1n) is 8.01. The number of rotatable bonds is 5. The summed E-state index contributed by atoms with van der Waals surface area (Å²) >= 11 is 0. The third-order valence-corrected chi connectivity index (χ3v) is 5.59. The maximum absolute atomic E-state index is 12.2. The maximum atomic E-state index is 12.2. The molecule has 1 fully saturated rings. The van der Waals surface area contributed by atoms with E-state index in [2.05, 4.69) is 24.1 Å². The van der Waals surface area contributed by atoms with E-state index in [4.69, 9.17) is 6.42 Å². The zero-order chi connectivity index (χ0) is 16.5. The number of carbonyl (C=O) groups is 1. The van der Waals surface area contributed by atoms with Crippen molar-refractivity contribution in [3.05, 3.63) is 36.0 Å². The van der Waals surface area contributed by atoms with Crippen molar-refractivity contribution in [1.29, 1.82) is 0 Å². The van der Waals surface area contributed by atoms with E-state index >= 15 is 0 Å². The number of carboxylic acids is 1. The average molecular weight is 298 g/mol. The first kappa shape index (κ1) is 16.6. The molecular weight excluding hydrogens is 272 g/mol. The largest absolute Gasteiger partial charge is 0.481 e. The van der Waals surface area contributed by atoms with Crippen LogP contribution in [0, 0.1) is 40.9 Å². The lowest BCUT2D eigenvalue weighted by Crippen LogP contribution is -2.31. The fraction of sp³-hybridized carbons (Fsp3) is 0.550. The summed E-state index contributed by atoms with van der Waals surface area (Å²) in [4.78, 5) is 12.2. The van der Waals surface area contributed by atoms with E-state index in [9.17, 15) is 9.90 Å². The van der Waals surface area contributed by atoms with E-state index in [0.717, 1.165) is 18.4 Å². The molecule has 2 nitrogen and oxygen atoms in total. The number of hydrogen-bond donors (Lipinski definition) is 1. The first-order valence-corrected chi connectivity index (χ1v) is 8.01. The van der Waals surface area contributed by atoms with Gasteiger partial charge < -0.3 is 5.11 Å². The number of hydrogen-bond acceptors (Lipinski definition) is 1. The van der Waals surface area contributed by atoms with E-state index in [1.807, 2.05) is 39.8 Å². The molecule has 0 radical (unpaired) electrons. The lowest BCUT2D eigenvalue weighted by atomic mass is 9.77. The van der Waals surface area contributed by atoms with E-state index in [0.29, 0.717) is 5.92 Å². The molecule has 1 saturated carbocycles. The SMILES string of the molecule is C#CC(C(C)=CC1C=CCC1)C1(C(=O)O)C(C=CC)C1(C)C. The van der Waals surface area contributed by atoms with Crippen LogP contribution < -0.4 is 0 Å². The van der Waals surface area contributed by atoms with Crippen LogP contribution in [0.2, 0.25) is 0 Å². The summed E-state index contributed by atoms with van der Waals surface area (Å²) in [5.41, 5.74) is -0.207. The van der Waals surface area contributed by atoms with Crippen molar-refractivity contribution >= 4 is 5.97 Å². The summed E-state index contributed by atoms with van der Waals surface area (Å²) in [5, 5.41) is 9.98. The summed E-state index contributed by atoms with van der Waals surface area (Å²) in [6.07, 6.45) is 18.4. The van der Waals surface area contributed by atoms with Crippen molar-refractivity contribution < 1.29 is 9.90 Å². The van der Waals surface area contributed by atoms with E-state index in [1.54, 1.807) is 0 Å². The van der Waals surface area contributed by atoms with E-state index in [1.165, 1.54) is 0 Å². The quantitative estimate of drug-likeness (QED) is 0.601. The molecule has 0 aromatic carbocycles. The van der Waals surface area contributed by atoms with Crippen molar-refractivity contribution in [2.45, 2.75) is 40.5 Å². The Kier molecular flexibility index (Phi) is 4.38. The Hall–Kier alpha value is -1.75. The molecule has 2 aliphatic rings. The zero-order valence-corrected chi connectivity index (χ0v) is 14.0. The highest BCUT2D eigenvalue weighted by molar-refractivity contribution is 5.83. The van der Waals surface area contributed by atoms with E-state index in [-0.39, 0.29) is 17.3 Å². The minimum Gasteiger partial charge on any atom is -0.481 e. The summed E-state index contributed by atoms with van der Waals surface area (Å²) in [7, 11) is 0. The van der Waals surface area contributed by atoms with Gasteiger partial charge in [-0.15, -0.1) is 6.42 Å². The summed E-state index contributed by atoms with van der Waals surface area (Å²) in [6, 6.07) is 0. The Morgan fingerprint density at radius 1 is 1.50 bits per heavy atom. The smallest absolute Gasteiger partial charge is 0.312 e. The van der Waals surface area contributed by atoms with Crippen molar-refractivity contribution in [2.24, 2.45) is 28.6 Å². The third kappa shape index (κ3) is 2.24. The Bertz CT molecular complexity index is 585. The predicted octanol–water partition coefficient (Wildman–Crippen LogP) is 4.45. The molecule has 0 aliphatic heterocycles. The molecule has 4 unspecified atom stereocenters. The van der Waals surface area contributed by atoms with Gasteiger partial charge in [-0.25, -0.2) is 0 Å². The van der Waals surface area contributed by atoms with Crippen LogP contribution in [0.3, 0.4) is 0 Å². The van der Waals surface area contributed by atoms with Crippen molar-refractivity contribution in [3.8, 4) is 12.3 Å². The minimum atomic E-state index is -0.892. The predicted molar refractivity (Wildman–Crippen MR) is 90.1 cm³/mol. The van der Waals surface area contributed by atoms with Gasteiger partial charge in [0.05, 0.1) is 11.3 Å². The van der Waals surface area contributed by atoms with Crippen molar-refractivity contribution in [2.75, 3.05) is 0 Å². The van der Waals surface area contributed by atoms with Gasteiger partial charge in [0, 0.05) is 5.92 Å². The highest BCUT2D eigenvalue weighted by atomic mass is 16.4. The summed E-state index contributed by atoms with van der Waals surface area (Å²) < 4.78 is 0. The van der Waals surface area contributed by atoms with Gasteiger partial charge in [-0.2, -0.15) is 0 Å². The highest BCUT2D eigenvalue weighted by Gasteiger charge is 2.77. The molecule has 0 saturated heterocycles. The molecule has 0 spiro atoms. The number of terminal acetylenes is 1. The Morgan fingerprint density at radius 2 is 2.18 bits per heavy atom. The van der Waals surface area contributed by atoms with Crippen molar-refractivity contribution in [3.63, 3.8) is 0 Å². The molecule has 118 valence electrons. The lowest BCUT2D eigenvalue weighted by molar-refractivity contribution is -0.146. The molecule has 4 atom stereocenters. The van der Waals surface area contributed by atoms with Crippen LogP contribution in [-0.4, -0.2) is 11.1 Å². The molecule has 2 heteroatoms. The van der Waals surface area contributed by atoms with Gasteiger partial charge in [0.1, 0.15) is 0 Å². The molecule has 1 N–H and O–H groups in total. The zero-order valence-electron chi connectivity index (χ0n) is 14.0. The van der Waals surface area contributed by atoms with Crippen LogP contribution in [0.1, 0.15) is 40.5 Å². The topological polar surface area (TPSA) is 37.3 Å². The second kappa shape index (κ2) is 5.80. The fourth-order valence-electron chi connectivity index (χ4n) is 4.36. The van der Waals surface area contributed by atoms with Crippen LogP contribution in [0.4, 0.5) is 0 Å². The number of allylic oxidation sites excluding steroid dienone is 6. The van der Waals surface area contributed by atoms with Crippen LogP contribution in [0.5, 0.6) is 0 Å². The fourth-order valence-corrected chi connectivity index (χ4v) is 4.36. The lowest BCUT2D eigenvalue weighted by Gasteiger charge is -2.24. The highest BCUT2D eigenvalue weighted by Crippen LogP contribution is 2.74. The summed E-state index contributed by atoms with van der Waals surface area (Å²) in [5.74, 6) is 2.02. The second-order valence-electron chi connectivity index (χ2n) is 7.08. The minimum absolute atomic E-state index is 0.0222. The molecule has 2 rings (SSSR count). The van der Waals surface area contributed by atoms with Gasteiger partial charge in [0.15, 0.2) is 0 Å². The second-order valence-corrected chi connectivity index (χ2v) is 7.08. The van der Waals surface area contributed by atoms with Gasteiger partial charge in [-0.05, 0) is 38.0 Å². The first-order chi connectivity index (χ1) is 10.3. The van der Waals surface area contributed by atoms with Crippen molar-refractivity contribution in [1.82, 2.24) is 0 Å². The normalized spacial score (nSPS) is 34.6. The molecule has 0 heterocycles. The van der Waals surface area contributed by atoms with E-state index < -0.39 is 11.4 Å². The van der Waals surface area contributed by atoms with Crippen LogP contribution in [-0.2, 0) is 4.79 Å². The Morgan fingerprint density at radius 3 is 2.64 bits per heavy atom. The molecule has 0 bridgehead atoms. The van der Waals surface area contributed by atoms with Crippen LogP contribution >= 0.6 is 0 Å². The molecule has 0 aromatic heterocycles. The molecule has 2 aliphatic carbocycles. The third-order valence-electron chi connectivity index (χ3n) is 5.59. The van der Waals surface area contributed by atoms with Gasteiger partial charge in [-0.3, -0.25) is 4.79 Å². The molecule has 0 aromatic rings. The average Bonchev–Trinajstić information content (AvgIpc) is 2.82. The van der Waals surface area contributed by atoms with Gasteiger partial charge in [0.25, 0.3) is 0 Å². The molecular formula is C20H26O2. The maximum Gasteiger partial charge on any atom is 0.312 e. The van der Waals surface area contributed by atoms with Crippen LogP contribution in [0.25, 0.3) is 0 Å². The molecule has 0 amide bonds. The standard InChI is InChI=1S/C20H26O2/c1-6-10-17-19(4,5)20(17,18(21)22)16(7-2)14(3)13-15-11-8-9-12-15/h2,6,8,10-11,13,15-17H,9,12H2,1,3-5H3,(H,21,22). The number of aliphatic carboxylic acids is 1. The van der Waals surface area contributed by atoms with Gasteiger partial charge >= 0.3 is 5.97 Å². The van der Waals surface area contributed by atoms with Gasteiger partial charge in [-0.1, -0.05) is 55.7 Å². The number of carboxylic acid groups (broad SMARTS) is 1. The van der Waals surface area contributed by atoms with Crippen LogP contribution in [0.15, 0.2) is 36.0 Å². The Labute approximate surface area is 134 Å². The monoisotopic (exact) mass is 298 g/mol. The van der Waals surface area contributed by atoms with Gasteiger partial charge in [0.2, 0.25) is 0 Å². The Balaban J connectivity index is 2.41.